The van der Waals surface area contributed by atoms with Crippen LogP contribution in [0.3, 0.4) is 0 Å². The van der Waals surface area contributed by atoms with Gasteiger partial charge in [0.2, 0.25) is 5.88 Å². The highest BCUT2D eigenvalue weighted by atomic mass is 35.5. The molecule has 0 saturated heterocycles. The lowest BCUT2D eigenvalue weighted by Gasteiger charge is -2.11. The van der Waals surface area contributed by atoms with E-state index >= 15 is 0 Å². The van der Waals surface area contributed by atoms with Gasteiger partial charge in [0.25, 0.3) is 0 Å². The molecule has 0 saturated carbocycles. The Morgan fingerprint density at radius 1 is 1.39 bits per heavy atom. The van der Waals surface area contributed by atoms with E-state index in [1.807, 2.05) is 6.07 Å². The van der Waals surface area contributed by atoms with Crippen LogP contribution >= 0.6 is 11.6 Å². The number of esters is 1. The van der Waals surface area contributed by atoms with Crippen LogP contribution in [0.15, 0.2) is 42.6 Å². The number of aromatic nitrogens is 1. The number of aliphatic hydroxyl groups is 1. The Bertz CT molecular complexity index is 666. The average molecular weight is 337 g/mol. The van der Waals surface area contributed by atoms with Gasteiger partial charge >= 0.3 is 5.97 Å². The number of nitrogens with zero attached hydrogens (tertiary/aromatic N) is 1. The van der Waals surface area contributed by atoms with Crippen molar-refractivity contribution in [2.75, 3.05) is 24.9 Å². The smallest absolute Gasteiger partial charge is 0.338 e. The summed E-state index contributed by atoms with van der Waals surface area (Å²) in [4.78, 5) is 15.6. The predicted octanol–water partition coefficient (Wildman–Crippen LogP) is 2.67. The van der Waals surface area contributed by atoms with E-state index in [1.54, 1.807) is 24.3 Å². The number of benzene rings is 1. The fourth-order valence-electron chi connectivity index (χ4n) is 1.79. The van der Waals surface area contributed by atoms with Gasteiger partial charge in [0, 0.05) is 30.6 Å². The summed E-state index contributed by atoms with van der Waals surface area (Å²) < 4.78 is 10.3. The molecular weight excluding hydrogens is 320 g/mol. The molecule has 122 valence electrons. The van der Waals surface area contributed by atoms with Crippen LogP contribution in [0.1, 0.15) is 10.4 Å². The zero-order chi connectivity index (χ0) is 16.7. The summed E-state index contributed by atoms with van der Waals surface area (Å²) in [6.45, 7) is 0.336. The van der Waals surface area contributed by atoms with E-state index in [0.717, 1.165) is 5.69 Å². The summed E-state index contributed by atoms with van der Waals surface area (Å²) in [5.41, 5.74) is 1.13. The number of rotatable bonds is 7. The Labute approximate surface area is 139 Å². The van der Waals surface area contributed by atoms with Crippen molar-refractivity contribution in [3.63, 3.8) is 0 Å². The molecule has 1 aromatic heterocycles. The highest BCUT2D eigenvalue weighted by Gasteiger charge is 2.08. The maximum atomic E-state index is 11.5. The molecule has 0 bridgehead atoms. The van der Waals surface area contributed by atoms with Crippen molar-refractivity contribution in [3.05, 3.63) is 48.2 Å². The topological polar surface area (TPSA) is 80.7 Å². The Morgan fingerprint density at radius 3 is 2.96 bits per heavy atom. The van der Waals surface area contributed by atoms with Crippen molar-refractivity contribution >= 4 is 23.3 Å². The third-order valence-electron chi connectivity index (χ3n) is 2.93. The summed E-state index contributed by atoms with van der Waals surface area (Å²) in [7, 11) is 1.31. The van der Waals surface area contributed by atoms with E-state index in [-0.39, 0.29) is 11.8 Å². The first-order valence-corrected chi connectivity index (χ1v) is 7.46. The molecule has 0 spiro atoms. The molecule has 0 fully saturated rings. The zero-order valence-electron chi connectivity index (χ0n) is 12.5. The molecule has 0 aliphatic carbocycles. The molecule has 0 aliphatic rings. The minimum absolute atomic E-state index is 0.160. The number of alkyl halides is 1. The number of carbonyl (C=O) groups excluding carboxylic acids is 1. The molecule has 1 aromatic carbocycles. The molecule has 2 N–H and O–H groups in total. The second kappa shape index (κ2) is 8.36. The first kappa shape index (κ1) is 17.1. The minimum atomic E-state index is -0.625. The van der Waals surface area contributed by atoms with Gasteiger partial charge in [0.15, 0.2) is 0 Å². The van der Waals surface area contributed by atoms with Gasteiger partial charge in [0.1, 0.15) is 5.75 Å². The van der Waals surface area contributed by atoms with Gasteiger partial charge in [-0.1, -0.05) is 6.07 Å². The van der Waals surface area contributed by atoms with Crippen molar-refractivity contribution in [3.8, 4) is 11.6 Å². The number of carbonyl (C=O) groups is 1. The number of pyridine rings is 1. The lowest BCUT2D eigenvalue weighted by molar-refractivity contribution is 0.0600. The number of anilines is 1. The molecule has 1 atom stereocenters. The zero-order valence-corrected chi connectivity index (χ0v) is 13.3. The number of halogens is 1. The number of hydrogen-bond donors (Lipinski definition) is 2. The minimum Gasteiger partial charge on any atom is -0.465 e. The molecule has 2 aromatic rings. The van der Waals surface area contributed by atoms with Gasteiger partial charge in [-0.25, -0.2) is 9.78 Å². The Morgan fingerprint density at radius 2 is 2.22 bits per heavy atom. The molecule has 1 unspecified atom stereocenters. The SMILES string of the molecule is COC(=O)c1ccnc(Oc2cccc(NCC(O)CCl)c2)c1. The Balaban J connectivity index is 2.07. The maximum Gasteiger partial charge on any atom is 0.338 e. The number of ether oxygens (including phenoxy) is 2. The number of hydrogen-bond acceptors (Lipinski definition) is 6. The molecule has 2 rings (SSSR count). The van der Waals surface area contributed by atoms with Crippen LogP contribution < -0.4 is 10.1 Å². The van der Waals surface area contributed by atoms with E-state index < -0.39 is 12.1 Å². The van der Waals surface area contributed by atoms with E-state index in [1.165, 1.54) is 19.4 Å². The lowest BCUT2D eigenvalue weighted by Crippen LogP contribution is -2.20. The molecule has 6 nitrogen and oxygen atoms in total. The molecule has 7 heteroatoms. The average Bonchev–Trinajstić information content (AvgIpc) is 2.59. The van der Waals surface area contributed by atoms with Crippen molar-refractivity contribution in [1.29, 1.82) is 0 Å². The van der Waals surface area contributed by atoms with Crippen molar-refractivity contribution in [2.45, 2.75) is 6.10 Å². The van der Waals surface area contributed by atoms with Crippen LogP contribution in [-0.4, -0.2) is 41.7 Å². The molecule has 23 heavy (non-hydrogen) atoms. The third kappa shape index (κ3) is 5.12. The fraction of sp³-hybridized carbons (Fsp3) is 0.250. The predicted molar refractivity (Wildman–Crippen MR) is 87.3 cm³/mol. The van der Waals surface area contributed by atoms with Crippen molar-refractivity contribution in [1.82, 2.24) is 4.98 Å². The first-order chi connectivity index (χ1) is 11.1. The standard InChI is InChI=1S/C16H17ClN2O4/c1-22-16(21)11-5-6-18-15(7-11)23-14-4-2-3-12(8-14)19-10-13(20)9-17/h2-8,13,19-20H,9-10H2,1H3. The van der Waals surface area contributed by atoms with Crippen molar-refractivity contribution < 1.29 is 19.4 Å². The third-order valence-corrected chi connectivity index (χ3v) is 3.29. The highest BCUT2D eigenvalue weighted by Crippen LogP contribution is 2.23. The largest absolute Gasteiger partial charge is 0.465 e. The maximum absolute atomic E-state index is 11.5. The number of aliphatic hydroxyl groups excluding tert-OH is 1. The molecule has 1 heterocycles. The summed E-state index contributed by atoms with van der Waals surface area (Å²) in [6.07, 6.45) is 0.847. The normalized spacial score (nSPS) is 11.6. The fourth-order valence-corrected chi connectivity index (χ4v) is 1.90. The molecule has 0 aliphatic heterocycles. The number of nitrogens with one attached hydrogen (secondary N) is 1. The lowest BCUT2D eigenvalue weighted by atomic mass is 10.2. The molecule has 0 amide bonds. The second-order valence-electron chi connectivity index (χ2n) is 4.69. The van der Waals surface area contributed by atoms with Gasteiger partial charge in [-0.2, -0.15) is 0 Å². The Kier molecular flexibility index (Phi) is 6.19. The highest BCUT2D eigenvalue weighted by molar-refractivity contribution is 6.18. The van der Waals surface area contributed by atoms with Crippen LogP contribution in [-0.2, 0) is 4.74 Å². The van der Waals surface area contributed by atoms with E-state index in [0.29, 0.717) is 17.9 Å². The molecular formula is C16H17ClN2O4. The van der Waals surface area contributed by atoms with E-state index in [4.69, 9.17) is 16.3 Å². The van der Waals surface area contributed by atoms with Gasteiger partial charge in [0.05, 0.1) is 24.7 Å². The Hall–Kier alpha value is -2.31. The monoisotopic (exact) mass is 336 g/mol. The van der Waals surface area contributed by atoms with Crippen LogP contribution in [0.25, 0.3) is 0 Å². The van der Waals surface area contributed by atoms with E-state index in [9.17, 15) is 9.90 Å². The van der Waals surface area contributed by atoms with E-state index in [2.05, 4.69) is 15.0 Å². The summed E-state index contributed by atoms with van der Waals surface area (Å²) in [6, 6.07) is 10.2. The van der Waals surface area contributed by atoms with Gasteiger partial charge in [-0.15, -0.1) is 11.6 Å². The number of methoxy groups -OCH3 is 1. The van der Waals surface area contributed by atoms with Crippen LogP contribution in [0, 0.1) is 0 Å². The summed E-state index contributed by atoms with van der Waals surface area (Å²) >= 11 is 5.55. The first-order valence-electron chi connectivity index (χ1n) is 6.92. The second-order valence-corrected chi connectivity index (χ2v) is 5.00. The van der Waals surface area contributed by atoms with Crippen LogP contribution in [0.2, 0.25) is 0 Å². The summed E-state index contributed by atoms with van der Waals surface area (Å²) in [5, 5.41) is 12.5. The van der Waals surface area contributed by atoms with Crippen molar-refractivity contribution in [2.24, 2.45) is 0 Å². The summed E-state index contributed by atoms with van der Waals surface area (Å²) in [5.74, 6) is 0.534. The van der Waals surface area contributed by atoms with Gasteiger partial charge in [-0.3, -0.25) is 0 Å². The van der Waals surface area contributed by atoms with Crippen LogP contribution in [0.4, 0.5) is 5.69 Å². The molecule has 0 radical (unpaired) electrons. The van der Waals surface area contributed by atoms with Gasteiger partial charge in [-0.05, 0) is 18.2 Å². The van der Waals surface area contributed by atoms with Crippen LogP contribution in [0.5, 0.6) is 11.6 Å². The van der Waals surface area contributed by atoms with Gasteiger partial charge < -0.3 is 19.9 Å². The quantitative estimate of drug-likeness (QED) is 0.597.